The molecule has 12 heteroatoms. The molecule has 5 aromatic rings. The second-order valence-corrected chi connectivity index (χ2v) is 12.7. The van der Waals surface area contributed by atoms with Crippen LogP contribution >= 0.6 is 0 Å². The number of carbonyl (C=O) groups excluding carboxylic acids is 1. The number of nitrogens with two attached hydrogens (primary N) is 1. The minimum atomic E-state index is -4.08. The first kappa shape index (κ1) is 31.1. The number of hydrogen-bond donors (Lipinski definition) is 2. The van der Waals surface area contributed by atoms with Crippen molar-refractivity contribution in [1.82, 2.24) is 14.8 Å². The fourth-order valence-corrected chi connectivity index (χ4v) is 7.02. The third kappa shape index (κ3) is 6.01. The summed E-state index contributed by atoms with van der Waals surface area (Å²) in [6.45, 7) is 3.19. The minimum absolute atomic E-state index is 0.0235. The van der Waals surface area contributed by atoms with E-state index in [0.29, 0.717) is 54.1 Å². The fourth-order valence-electron chi connectivity index (χ4n) is 5.76. The van der Waals surface area contributed by atoms with Crippen LogP contribution < -0.4 is 10.5 Å². The van der Waals surface area contributed by atoms with E-state index >= 15 is 0 Å². The minimum Gasteiger partial charge on any atom is -0.399 e. The van der Waals surface area contributed by atoms with Gasteiger partial charge in [0.15, 0.2) is 17.5 Å². The third-order valence-electron chi connectivity index (χ3n) is 8.26. The number of fused-ring (bicyclic) bond motifs is 1. The van der Waals surface area contributed by atoms with Crippen molar-refractivity contribution in [3.8, 4) is 11.1 Å². The molecule has 6 rings (SSSR count). The lowest BCUT2D eigenvalue weighted by Crippen LogP contribution is -2.49. The molecule has 8 nitrogen and oxygen atoms in total. The molecule has 1 aromatic heterocycles. The number of anilines is 2. The first-order valence-electron chi connectivity index (χ1n) is 14.6. The molecule has 1 saturated heterocycles. The summed E-state index contributed by atoms with van der Waals surface area (Å²) in [5.41, 5.74) is 8.81. The Morgan fingerprint density at radius 1 is 0.870 bits per heavy atom. The summed E-state index contributed by atoms with van der Waals surface area (Å²) in [4.78, 5) is 21.3. The standard InChI is InChI=1S/C34H30F3N5O3S/c1-21(26-12-13-29(35)32(37)31(26)36)41-16-18-42(19-17-41)34(43)23-7-10-25(11-8-23)40-46(44,45)30-14-9-24(38)20-28(30)27-6-2-4-22-5-3-15-39-33(22)27/h2-15,20-21,40H,16-19,38H2,1H3. The molecule has 0 radical (unpaired) electrons. The summed E-state index contributed by atoms with van der Waals surface area (Å²) in [6, 6.07) is 21.6. The van der Waals surface area contributed by atoms with E-state index < -0.39 is 33.5 Å². The topological polar surface area (TPSA) is 109 Å². The van der Waals surface area contributed by atoms with Crippen molar-refractivity contribution in [2.75, 3.05) is 36.6 Å². The van der Waals surface area contributed by atoms with Crippen LogP contribution in [-0.2, 0) is 10.0 Å². The molecule has 1 amide bonds. The average molecular weight is 646 g/mol. The molecular weight excluding hydrogens is 615 g/mol. The highest BCUT2D eigenvalue weighted by Crippen LogP contribution is 2.34. The fraction of sp³-hybridized carbons (Fsp3) is 0.176. The van der Waals surface area contributed by atoms with Crippen LogP contribution in [-0.4, -0.2) is 55.3 Å². The number of halogens is 3. The second kappa shape index (κ2) is 12.5. The number of hydrogen-bond acceptors (Lipinski definition) is 6. The molecule has 1 aliphatic rings. The number of nitrogen functional groups attached to an aromatic ring is 1. The molecule has 1 aliphatic heterocycles. The van der Waals surface area contributed by atoms with E-state index in [2.05, 4.69) is 9.71 Å². The molecule has 0 spiro atoms. The maximum Gasteiger partial charge on any atom is 0.262 e. The van der Waals surface area contributed by atoms with Crippen LogP contribution in [0.3, 0.4) is 0 Å². The molecule has 0 bridgehead atoms. The van der Waals surface area contributed by atoms with E-state index in [9.17, 15) is 26.4 Å². The molecule has 236 valence electrons. The Balaban J connectivity index is 1.15. The van der Waals surface area contributed by atoms with Crippen LogP contribution in [0.1, 0.15) is 28.9 Å². The van der Waals surface area contributed by atoms with E-state index in [1.165, 1.54) is 30.3 Å². The maximum atomic E-state index is 14.3. The van der Waals surface area contributed by atoms with Crippen molar-refractivity contribution >= 4 is 38.2 Å². The van der Waals surface area contributed by atoms with E-state index in [-0.39, 0.29) is 22.1 Å². The first-order valence-corrected chi connectivity index (χ1v) is 16.0. The third-order valence-corrected chi connectivity index (χ3v) is 9.70. The first-order chi connectivity index (χ1) is 22.0. The van der Waals surface area contributed by atoms with Gasteiger partial charge in [-0.25, -0.2) is 21.6 Å². The van der Waals surface area contributed by atoms with Crippen LogP contribution in [0.15, 0.2) is 96.0 Å². The van der Waals surface area contributed by atoms with Crippen molar-refractivity contribution in [3.05, 3.63) is 120 Å². The van der Waals surface area contributed by atoms with Gasteiger partial charge in [0.05, 0.1) is 10.4 Å². The number of nitrogens with one attached hydrogen (secondary N) is 1. The van der Waals surface area contributed by atoms with Gasteiger partial charge in [-0.3, -0.25) is 19.4 Å². The van der Waals surface area contributed by atoms with Gasteiger partial charge in [-0.15, -0.1) is 0 Å². The monoisotopic (exact) mass is 645 g/mol. The van der Waals surface area contributed by atoms with Gasteiger partial charge in [0, 0.05) is 77.4 Å². The highest BCUT2D eigenvalue weighted by Gasteiger charge is 2.28. The van der Waals surface area contributed by atoms with Gasteiger partial charge < -0.3 is 10.6 Å². The summed E-state index contributed by atoms with van der Waals surface area (Å²) >= 11 is 0. The largest absolute Gasteiger partial charge is 0.399 e. The number of nitrogens with zero attached hydrogens (tertiary/aromatic N) is 3. The molecule has 1 unspecified atom stereocenters. The van der Waals surface area contributed by atoms with Crippen LogP contribution in [0.25, 0.3) is 22.0 Å². The lowest BCUT2D eigenvalue weighted by molar-refractivity contribution is 0.0578. The van der Waals surface area contributed by atoms with Crippen molar-refractivity contribution in [2.45, 2.75) is 17.9 Å². The lowest BCUT2D eigenvalue weighted by atomic mass is 10.0. The highest BCUT2D eigenvalue weighted by atomic mass is 32.2. The number of piperazine rings is 1. The number of aromatic nitrogens is 1. The van der Waals surface area contributed by atoms with Crippen LogP contribution in [0, 0.1) is 17.5 Å². The van der Waals surface area contributed by atoms with Gasteiger partial charge in [-0.2, -0.15) is 0 Å². The predicted octanol–water partition coefficient (Wildman–Crippen LogP) is 6.22. The zero-order valence-corrected chi connectivity index (χ0v) is 25.6. The average Bonchev–Trinajstić information content (AvgIpc) is 3.06. The maximum absolute atomic E-state index is 14.3. The van der Waals surface area contributed by atoms with Crippen LogP contribution in [0.4, 0.5) is 24.5 Å². The number of benzene rings is 4. The van der Waals surface area contributed by atoms with E-state index in [4.69, 9.17) is 5.73 Å². The van der Waals surface area contributed by atoms with Crippen molar-refractivity contribution in [2.24, 2.45) is 0 Å². The summed E-state index contributed by atoms with van der Waals surface area (Å²) in [5.74, 6) is -4.19. The van der Waals surface area contributed by atoms with Gasteiger partial charge in [-0.1, -0.05) is 30.3 Å². The number of para-hydroxylation sites is 1. The summed E-state index contributed by atoms with van der Waals surface area (Å²) in [6.07, 6.45) is 1.64. The Morgan fingerprint density at radius 3 is 2.33 bits per heavy atom. The lowest BCUT2D eigenvalue weighted by Gasteiger charge is -2.38. The Bertz CT molecular complexity index is 2040. The number of rotatable bonds is 7. The highest BCUT2D eigenvalue weighted by molar-refractivity contribution is 7.92. The van der Waals surface area contributed by atoms with E-state index in [1.807, 2.05) is 23.1 Å². The normalized spacial score (nSPS) is 14.7. The quantitative estimate of drug-likeness (QED) is 0.161. The molecule has 0 aliphatic carbocycles. The van der Waals surface area contributed by atoms with Crippen molar-refractivity contribution in [3.63, 3.8) is 0 Å². The van der Waals surface area contributed by atoms with Gasteiger partial charge in [0.25, 0.3) is 15.9 Å². The summed E-state index contributed by atoms with van der Waals surface area (Å²) < 4.78 is 71.4. The van der Waals surface area contributed by atoms with Crippen molar-refractivity contribution in [1.29, 1.82) is 0 Å². The Hall–Kier alpha value is -4.94. The van der Waals surface area contributed by atoms with E-state index in [1.54, 1.807) is 48.4 Å². The zero-order chi connectivity index (χ0) is 32.6. The summed E-state index contributed by atoms with van der Waals surface area (Å²) in [7, 11) is -4.08. The Morgan fingerprint density at radius 2 is 1.59 bits per heavy atom. The molecule has 2 heterocycles. The molecule has 1 fully saturated rings. The molecule has 1 atom stereocenters. The molecule has 46 heavy (non-hydrogen) atoms. The van der Waals surface area contributed by atoms with Gasteiger partial charge in [0.1, 0.15) is 0 Å². The zero-order valence-electron chi connectivity index (χ0n) is 24.8. The SMILES string of the molecule is CC(c1ccc(F)c(F)c1F)N1CCN(C(=O)c2ccc(NS(=O)(=O)c3ccc(N)cc3-c3cccc4cccnc34)cc2)CC1. The molecule has 0 saturated carbocycles. The Kier molecular flexibility index (Phi) is 8.41. The molecular formula is C34H30F3N5O3S. The number of sulfonamides is 1. The number of carbonyl (C=O) groups is 1. The van der Waals surface area contributed by atoms with Crippen LogP contribution in [0.5, 0.6) is 0 Å². The van der Waals surface area contributed by atoms with E-state index in [0.717, 1.165) is 11.5 Å². The van der Waals surface area contributed by atoms with Gasteiger partial charge >= 0.3 is 0 Å². The number of pyridine rings is 1. The number of amides is 1. The summed E-state index contributed by atoms with van der Waals surface area (Å²) in [5, 5.41) is 0.854. The Labute approximate surface area is 264 Å². The smallest absolute Gasteiger partial charge is 0.262 e. The second-order valence-electron chi connectivity index (χ2n) is 11.1. The predicted molar refractivity (Wildman–Crippen MR) is 171 cm³/mol. The van der Waals surface area contributed by atoms with Crippen molar-refractivity contribution < 1.29 is 26.4 Å². The molecule has 3 N–H and O–H groups in total. The van der Waals surface area contributed by atoms with Crippen LogP contribution in [0.2, 0.25) is 0 Å². The van der Waals surface area contributed by atoms with Gasteiger partial charge in [0.2, 0.25) is 0 Å². The van der Waals surface area contributed by atoms with Gasteiger partial charge in [-0.05, 0) is 61.5 Å². The molecule has 4 aromatic carbocycles.